The Labute approximate surface area is 170 Å². The average Bonchev–Trinajstić information content (AvgIpc) is 2.59. The zero-order valence-corrected chi connectivity index (χ0v) is 17.8. The second-order valence-electron chi connectivity index (χ2n) is 6.81. The van der Waals surface area contributed by atoms with Crippen LogP contribution in [0.3, 0.4) is 0 Å². The highest BCUT2D eigenvalue weighted by Gasteiger charge is 2.16. The number of carbonyl (C=O) groups is 2. The minimum atomic E-state index is -3.54. The minimum Gasteiger partial charge on any atom is -0.336 e. The van der Waals surface area contributed by atoms with Crippen molar-refractivity contribution in [1.82, 2.24) is 4.90 Å². The van der Waals surface area contributed by atoms with Crippen LogP contribution in [-0.4, -0.2) is 37.4 Å². The molecule has 0 aromatic heterocycles. The lowest BCUT2D eigenvalue weighted by atomic mass is 10.1. The molecule has 6 nitrogen and oxygen atoms in total. The molecule has 2 aromatic carbocycles. The van der Waals surface area contributed by atoms with Crippen molar-refractivity contribution >= 4 is 38.9 Å². The van der Waals surface area contributed by atoms with Crippen molar-refractivity contribution in [2.75, 3.05) is 11.6 Å². The molecule has 0 heterocycles. The zero-order valence-electron chi connectivity index (χ0n) is 16.2. The molecule has 2 aromatic rings. The molecule has 0 aliphatic heterocycles. The van der Waals surface area contributed by atoms with E-state index >= 15 is 0 Å². The fourth-order valence-electron chi connectivity index (χ4n) is 2.68. The van der Waals surface area contributed by atoms with Crippen LogP contribution in [0, 0.1) is 0 Å². The number of rotatable bonds is 6. The van der Waals surface area contributed by atoms with Gasteiger partial charge in [-0.25, -0.2) is 8.42 Å². The number of amides is 2. The van der Waals surface area contributed by atoms with Gasteiger partial charge in [0.2, 0.25) is 5.91 Å². The normalized spacial score (nSPS) is 11.4. The number of anilines is 1. The number of nitrogens with one attached hydrogen (secondary N) is 1. The van der Waals surface area contributed by atoms with E-state index in [1.54, 1.807) is 17.0 Å². The summed E-state index contributed by atoms with van der Waals surface area (Å²) in [4.78, 5) is 25.8. The Kier molecular flexibility index (Phi) is 6.85. The van der Waals surface area contributed by atoms with Crippen LogP contribution in [0.15, 0.2) is 47.4 Å². The van der Waals surface area contributed by atoms with Gasteiger partial charge in [-0.05, 0) is 49.7 Å². The number of halogens is 1. The van der Waals surface area contributed by atoms with Crippen LogP contribution in [-0.2, 0) is 21.2 Å². The second kappa shape index (κ2) is 8.75. The van der Waals surface area contributed by atoms with E-state index in [4.69, 9.17) is 11.6 Å². The lowest BCUT2D eigenvalue weighted by Gasteiger charge is -2.25. The van der Waals surface area contributed by atoms with Crippen LogP contribution in [0.25, 0.3) is 0 Å². The summed E-state index contributed by atoms with van der Waals surface area (Å²) in [6, 6.07) is 11.3. The lowest BCUT2D eigenvalue weighted by molar-refractivity contribution is -0.131. The van der Waals surface area contributed by atoms with Crippen molar-refractivity contribution in [1.29, 1.82) is 0 Å². The van der Waals surface area contributed by atoms with Crippen LogP contribution >= 0.6 is 11.6 Å². The van der Waals surface area contributed by atoms with Crippen molar-refractivity contribution in [3.8, 4) is 0 Å². The van der Waals surface area contributed by atoms with Crippen molar-refractivity contribution in [3.05, 3.63) is 58.6 Å². The number of benzene rings is 2. The van der Waals surface area contributed by atoms with Crippen LogP contribution in [0.4, 0.5) is 5.69 Å². The van der Waals surface area contributed by atoms with Gasteiger partial charge in [-0.15, -0.1) is 0 Å². The van der Waals surface area contributed by atoms with Gasteiger partial charge in [-0.3, -0.25) is 9.59 Å². The van der Waals surface area contributed by atoms with Gasteiger partial charge in [0.15, 0.2) is 9.84 Å². The molecule has 2 rings (SSSR count). The summed E-state index contributed by atoms with van der Waals surface area (Å²) >= 11 is 5.91. The average molecular weight is 423 g/mol. The highest BCUT2D eigenvalue weighted by molar-refractivity contribution is 7.90. The summed E-state index contributed by atoms with van der Waals surface area (Å²) < 4.78 is 23.5. The van der Waals surface area contributed by atoms with Crippen molar-refractivity contribution in [3.63, 3.8) is 0 Å². The molecule has 0 saturated carbocycles. The maximum Gasteiger partial charge on any atom is 0.255 e. The first kappa shape index (κ1) is 21.9. The van der Waals surface area contributed by atoms with Gasteiger partial charge in [0.05, 0.1) is 9.92 Å². The summed E-state index contributed by atoms with van der Waals surface area (Å²) in [5, 5.41) is 2.80. The first-order chi connectivity index (χ1) is 13.0. The molecule has 0 radical (unpaired) electrons. The molecule has 0 bridgehead atoms. The summed E-state index contributed by atoms with van der Waals surface area (Å²) in [6.07, 6.45) is 1.04. The molecule has 0 fully saturated rings. The molecule has 0 saturated heterocycles. The van der Waals surface area contributed by atoms with E-state index in [1.165, 1.54) is 25.1 Å². The highest BCUT2D eigenvalue weighted by Crippen LogP contribution is 2.23. The Morgan fingerprint density at radius 2 is 1.71 bits per heavy atom. The molecule has 0 aliphatic rings. The van der Waals surface area contributed by atoms with Gasteiger partial charge in [0, 0.05) is 37.0 Å². The van der Waals surface area contributed by atoms with Crippen molar-refractivity contribution < 1.29 is 18.0 Å². The first-order valence-corrected chi connectivity index (χ1v) is 10.9. The van der Waals surface area contributed by atoms with Gasteiger partial charge in [0.1, 0.15) is 0 Å². The van der Waals surface area contributed by atoms with E-state index in [0.29, 0.717) is 12.2 Å². The van der Waals surface area contributed by atoms with Crippen LogP contribution in [0.2, 0.25) is 5.02 Å². The second-order valence-corrected chi connectivity index (χ2v) is 9.20. The number of hydrogen-bond donors (Lipinski definition) is 1. The summed E-state index contributed by atoms with van der Waals surface area (Å²) in [5.41, 5.74) is 1.69. The van der Waals surface area contributed by atoms with Gasteiger partial charge < -0.3 is 10.2 Å². The minimum absolute atomic E-state index is 0.00296. The van der Waals surface area contributed by atoms with Crippen molar-refractivity contribution in [2.45, 2.75) is 38.3 Å². The van der Waals surface area contributed by atoms with Crippen LogP contribution in [0.5, 0.6) is 0 Å². The predicted octanol–water partition coefficient (Wildman–Crippen LogP) is 3.75. The molecular weight excluding hydrogens is 400 g/mol. The highest BCUT2D eigenvalue weighted by atomic mass is 35.5. The van der Waals surface area contributed by atoms with Crippen LogP contribution in [0.1, 0.15) is 36.7 Å². The standard InChI is InChI=1S/C20H23ClN2O4S/c1-13(2)23(14(3)24)12-15-5-8-17(9-6-15)22-20(25)16-7-10-18(21)19(11-16)28(4,26)27/h5-11,13H,12H2,1-4H3,(H,22,25). The molecule has 150 valence electrons. The summed E-state index contributed by atoms with van der Waals surface area (Å²) in [5.74, 6) is -0.446. The molecule has 1 N–H and O–H groups in total. The molecule has 28 heavy (non-hydrogen) atoms. The molecule has 0 spiro atoms. The van der Waals surface area contributed by atoms with E-state index in [-0.39, 0.29) is 27.4 Å². The Morgan fingerprint density at radius 1 is 1.11 bits per heavy atom. The smallest absolute Gasteiger partial charge is 0.255 e. The van der Waals surface area contributed by atoms with Gasteiger partial charge in [0.25, 0.3) is 5.91 Å². The number of hydrogen-bond acceptors (Lipinski definition) is 4. The Balaban J connectivity index is 2.14. The van der Waals surface area contributed by atoms with E-state index in [0.717, 1.165) is 11.8 Å². The fraction of sp³-hybridized carbons (Fsp3) is 0.300. The van der Waals surface area contributed by atoms with Crippen molar-refractivity contribution in [2.24, 2.45) is 0 Å². The SMILES string of the molecule is CC(=O)N(Cc1ccc(NC(=O)c2ccc(Cl)c(S(C)(=O)=O)c2)cc1)C(C)C. The predicted molar refractivity (Wildman–Crippen MR) is 110 cm³/mol. The molecule has 0 unspecified atom stereocenters. The molecule has 0 aliphatic carbocycles. The third-order valence-corrected chi connectivity index (χ3v) is 5.76. The zero-order chi connectivity index (χ0) is 21.1. The number of carbonyl (C=O) groups excluding carboxylic acids is 2. The molecule has 0 atom stereocenters. The maximum atomic E-state index is 12.4. The van der Waals surface area contributed by atoms with E-state index < -0.39 is 15.7 Å². The molecular formula is C20H23ClN2O4S. The van der Waals surface area contributed by atoms with Gasteiger partial charge in [-0.1, -0.05) is 23.7 Å². The third-order valence-electron chi connectivity index (χ3n) is 4.19. The Morgan fingerprint density at radius 3 is 2.21 bits per heavy atom. The number of sulfone groups is 1. The monoisotopic (exact) mass is 422 g/mol. The first-order valence-electron chi connectivity index (χ1n) is 8.66. The van der Waals surface area contributed by atoms with E-state index in [9.17, 15) is 18.0 Å². The Bertz CT molecular complexity index is 986. The van der Waals surface area contributed by atoms with Gasteiger partial charge >= 0.3 is 0 Å². The third kappa shape index (κ3) is 5.56. The maximum absolute atomic E-state index is 12.4. The molecule has 8 heteroatoms. The lowest BCUT2D eigenvalue weighted by Crippen LogP contribution is -2.34. The summed E-state index contributed by atoms with van der Waals surface area (Å²) in [7, 11) is -3.54. The topological polar surface area (TPSA) is 83.6 Å². The fourth-order valence-corrected chi connectivity index (χ4v) is 3.98. The number of nitrogens with zero attached hydrogens (tertiary/aromatic N) is 1. The van der Waals surface area contributed by atoms with Gasteiger partial charge in [-0.2, -0.15) is 0 Å². The largest absolute Gasteiger partial charge is 0.336 e. The molecule has 2 amide bonds. The van der Waals surface area contributed by atoms with E-state index in [2.05, 4.69) is 5.32 Å². The van der Waals surface area contributed by atoms with Crippen LogP contribution < -0.4 is 5.32 Å². The van der Waals surface area contributed by atoms with E-state index in [1.807, 2.05) is 26.0 Å². The Hall–Kier alpha value is -2.38. The summed E-state index contributed by atoms with van der Waals surface area (Å²) in [6.45, 7) is 5.92. The quantitative estimate of drug-likeness (QED) is 0.768.